The number of sulfone groups is 1. The Hall–Kier alpha value is -2.92. The van der Waals surface area contributed by atoms with E-state index in [0.29, 0.717) is 19.4 Å². The first-order valence-electron chi connectivity index (χ1n) is 11.6. The van der Waals surface area contributed by atoms with Crippen LogP contribution >= 0.6 is 0 Å². The van der Waals surface area contributed by atoms with Gasteiger partial charge in [-0.15, -0.1) is 0 Å². The van der Waals surface area contributed by atoms with E-state index in [9.17, 15) is 22.8 Å². The summed E-state index contributed by atoms with van der Waals surface area (Å²) < 4.78 is 29.7. The minimum atomic E-state index is -3.21. The van der Waals surface area contributed by atoms with E-state index >= 15 is 0 Å². The molecule has 4 amide bonds. The largest absolute Gasteiger partial charge is 0.376 e. The molecular weight excluding hydrogens is 460 g/mol. The summed E-state index contributed by atoms with van der Waals surface area (Å²) >= 11 is 0. The van der Waals surface area contributed by atoms with Gasteiger partial charge in [0.15, 0.2) is 9.84 Å². The molecule has 3 aliphatic rings. The molecule has 3 saturated heterocycles. The number of carbonyl (C=O) groups is 3. The van der Waals surface area contributed by atoms with Gasteiger partial charge in [-0.2, -0.15) is 0 Å². The Kier molecular flexibility index (Phi) is 6.07. The lowest BCUT2D eigenvalue weighted by molar-refractivity contribution is -0.139. The second kappa shape index (κ2) is 9.03. The van der Waals surface area contributed by atoms with Gasteiger partial charge in [0.05, 0.1) is 17.6 Å². The summed E-state index contributed by atoms with van der Waals surface area (Å²) in [7, 11) is -3.21. The first-order valence-corrected chi connectivity index (χ1v) is 13.4. The van der Waals surface area contributed by atoms with E-state index in [0.717, 1.165) is 34.2 Å². The average molecular weight is 489 g/mol. The standard InChI is InChI=1S/C23H28N4O6S/c28-21(26(12-17-4-3-8-33-17)16-7-9-34(31,32)14-16)13-27-22(29)20(25-23(27)30)10-15-11-24-19-6-2-1-5-18(15)19/h1-2,5-6,11,16-17,20,24H,3-4,7-10,12-14H2,(H,25,30). The van der Waals surface area contributed by atoms with Crippen LogP contribution in [0, 0.1) is 0 Å². The number of aromatic amines is 1. The minimum absolute atomic E-state index is 0.0306. The van der Waals surface area contributed by atoms with Gasteiger partial charge in [0, 0.05) is 42.7 Å². The molecule has 0 bridgehead atoms. The Morgan fingerprint density at radius 3 is 2.76 bits per heavy atom. The fraction of sp³-hybridized carbons (Fsp3) is 0.522. The van der Waals surface area contributed by atoms with E-state index in [2.05, 4.69) is 10.3 Å². The maximum Gasteiger partial charge on any atom is 0.325 e. The van der Waals surface area contributed by atoms with Crippen molar-refractivity contribution in [3.63, 3.8) is 0 Å². The lowest BCUT2D eigenvalue weighted by Gasteiger charge is -2.31. The highest BCUT2D eigenvalue weighted by atomic mass is 32.2. The Morgan fingerprint density at radius 2 is 2.03 bits per heavy atom. The SMILES string of the molecule is O=C1NC(Cc2c[nH]c3ccccc23)C(=O)N1CC(=O)N(CC1CCCO1)C1CCS(=O)(=O)C1. The van der Waals surface area contributed by atoms with Crippen molar-refractivity contribution < 1.29 is 27.5 Å². The normalized spacial score (nSPS) is 26.4. The molecule has 3 unspecified atom stereocenters. The molecule has 5 rings (SSSR count). The van der Waals surface area contributed by atoms with E-state index < -0.39 is 46.3 Å². The predicted molar refractivity (Wildman–Crippen MR) is 124 cm³/mol. The molecule has 3 aliphatic heterocycles. The van der Waals surface area contributed by atoms with Crippen molar-refractivity contribution in [3.8, 4) is 0 Å². The Morgan fingerprint density at radius 1 is 1.21 bits per heavy atom. The van der Waals surface area contributed by atoms with Gasteiger partial charge in [-0.1, -0.05) is 18.2 Å². The summed E-state index contributed by atoms with van der Waals surface area (Å²) in [6.45, 7) is 0.456. The van der Waals surface area contributed by atoms with Crippen molar-refractivity contribution in [2.75, 3.05) is 31.2 Å². The van der Waals surface area contributed by atoms with Crippen molar-refractivity contribution in [2.24, 2.45) is 0 Å². The van der Waals surface area contributed by atoms with Gasteiger partial charge in [-0.05, 0) is 30.9 Å². The number of hydrogen-bond donors (Lipinski definition) is 2. The van der Waals surface area contributed by atoms with Crippen molar-refractivity contribution in [1.82, 2.24) is 20.1 Å². The predicted octanol–water partition coefficient (Wildman–Crippen LogP) is 0.826. The monoisotopic (exact) mass is 488 g/mol. The van der Waals surface area contributed by atoms with Crippen molar-refractivity contribution in [2.45, 2.75) is 43.9 Å². The number of ether oxygens (including phenoxy) is 1. The molecule has 4 heterocycles. The molecule has 0 saturated carbocycles. The molecule has 3 atom stereocenters. The molecule has 34 heavy (non-hydrogen) atoms. The van der Waals surface area contributed by atoms with Crippen LogP contribution in [-0.4, -0.2) is 90.4 Å². The number of H-pyrrole nitrogens is 1. The summed E-state index contributed by atoms with van der Waals surface area (Å²) in [6, 6.07) is 5.86. The Bertz CT molecular complexity index is 1220. The van der Waals surface area contributed by atoms with E-state index in [1.54, 1.807) is 0 Å². The van der Waals surface area contributed by atoms with Crippen LogP contribution < -0.4 is 5.32 Å². The first kappa shape index (κ1) is 22.9. The van der Waals surface area contributed by atoms with Crippen LogP contribution in [0.5, 0.6) is 0 Å². The number of nitrogens with zero attached hydrogens (tertiary/aromatic N) is 2. The summed E-state index contributed by atoms with van der Waals surface area (Å²) in [4.78, 5) is 44.5. The first-order chi connectivity index (χ1) is 16.3. The van der Waals surface area contributed by atoms with Crippen LogP contribution in [0.25, 0.3) is 10.9 Å². The summed E-state index contributed by atoms with van der Waals surface area (Å²) in [6.07, 6.45) is 3.99. The molecule has 10 nitrogen and oxygen atoms in total. The molecule has 182 valence electrons. The third-order valence-corrected chi connectivity index (χ3v) is 8.64. The fourth-order valence-electron chi connectivity index (χ4n) is 5.09. The van der Waals surface area contributed by atoms with Gasteiger partial charge >= 0.3 is 6.03 Å². The van der Waals surface area contributed by atoms with E-state index in [1.165, 1.54) is 4.90 Å². The second-order valence-electron chi connectivity index (χ2n) is 9.23. The van der Waals surface area contributed by atoms with Gasteiger partial charge in [0.2, 0.25) is 5.91 Å². The zero-order valence-electron chi connectivity index (χ0n) is 18.7. The Balaban J connectivity index is 1.29. The zero-order chi connectivity index (χ0) is 23.9. The van der Waals surface area contributed by atoms with Crippen molar-refractivity contribution in [3.05, 3.63) is 36.0 Å². The van der Waals surface area contributed by atoms with Gasteiger partial charge < -0.3 is 19.9 Å². The number of para-hydroxylation sites is 1. The minimum Gasteiger partial charge on any atom is -0.376 e. The number of rotatable bonds is 7. The number of amides is 4. The highest BCUT2D eigenvalue weighted by molar-refractivity contribution is 7.91. The van der Waals surface area contributed by atoms with Crippen molar-refractivity contribution >= 4 is 38.6 Å². The molecule has 0 spiro atoms. The summed E-state index contributed by atoms with van der Waals surface area (Å²) in [5.74, 6) is -0.967. The third-order valence-electron chi connectivity index (χ3n) is 6.89. The average Bonchev–Trinajstić information content (AvgIpc) is 3.58. The lowest BCUT2D eigenvalue weighted by atomic mass is 10.1. The second-order valence-corrected chi connectivity index (χ2v) is 11.5. The molecule has 2 aromatic rings. The highest BCUT2D eigenvalue weighted by Gasteiger charge is 2.42. The smallest absolute Gasteiger partial charge is 0.325 e. The number of benzene rings is 1. The molecule has 11 heteroatoms. The number of urea groups is 1. The molecule has 1 aromatic carbocycles. The van der Waals surface area contributed by atoms with Gasteiger partial charge in [-0.3, -0.25) is 14.5 Å². The highest BCUT2D eigenvalue weighted by Crippen LogP contribution is 2.24. The number of imide groups is 1. The Labute approximate surface area is 197 Å². The van der Waals surface area contributed by atoms with E-state index in [-0.39, 0.29) is 24.2 Å². The van der Waals surface area contributed by atoms with Crippen LogP contribution in [0.1, 0.15) is 24.8 Å². The number of carbonyl (C=O) groups excluding carboxylic acids is 3. The number of hydrogen-bond acceptors (Lipinski definition) is 6. The van der Waals surface area contributed by atoms with Crippen LogP contribution in [0.3, 0.4) is 0 Å². The lowest BCUT2D eigenvalue weighted by Crippen LogP contribution is -2.50. The quantitative estimate of drug-likeness (QED) is 0.556. The van der Waals surface area contributed by atoms with Crippen LogP contribution in [-0.2, 0) is 30.6 Å². The van der Waals surface area contributed by atoms with Gasteiger partial charge in [0.25, 0.3) is 5.91 Å². The summed E-state index contributed by atoms with van der Waals surface area (Å²) in [5.41, 5.74) is 1.84. The van der Waals surface area contributed by atoms with Gasteiger partial charge in [0.1, 0.15) is 12.6 Å². The van der Waals surface area contributed by atoms with Crippen LogP contribution in [0.2, 0.25) is 0 Å². The van der Waals surface area contributed by atoms with E-state index in [1.807, 2.05) is 30.5 Å². The maximum atomic E-state index is 13.3. The molecule has 1 aromatic heterocycles. The number of fused-ring (bicyclic) bond motifs is 1. The molecular formula is C23H28N4O6S. The molecule has 0 radical (unpaired) electrons. The van der Waals surface area contributed by atoms with E-state index in [4.69, 9.17) is 4.74 Å². The molecule has 0 aliphatic carbocycles. The van der Waals surface area contributed by atoms with Crippen LogP contribution in [0.4, 0.5) is 4.79 Å². The van der Waals surface area contributed by atoms with Crippen molar-refractivity contribution in [1.29, 1.82) is 0 Å². The molecule has 2 N–H and O–H groups in total. The number of nitrogens with one attached hydrogen (secondary N) is 2. The number of aromatic nitrogens is 1. The topological polar surface area (TPSA) is 129 Å². The molecule has 3 fully saturated rings. The zero-order valence-corrected chi connectivity index (χ0v) is 19.6. The summed E-state index contributed by atoms with van der Waals surface area (Å²) in [5, 5.41) is 3.67. The van der Waals surface area contributed by atoms with Crippen LogP contribution in [0.15, 0.2) is 30.5 Å². The third kappa shape index (κ3) is 4.54. The van der Waals surface area contributed by atoms with Gasteiger partial charge in [-0.25, -0.2) is 13.2 Å². The maximum absolute atomic E-state index is 13.3. The fourth-order valence-corrected chi connectivity index (χ4v) is 6.83.